The van der Waals surface area contributed by atoms with E-state index in [4.69, 9.17) is 29.5 Å². The third kappa shape index (κ3) is 8.23. The van der Waals surface area contributed by atoms with Gasteiger partial charge in [0, 0.05) is 24.2 Å². The number of piperidine rings is 1. The number of aliphatic carboxylic acids is 2. The molecular weight excluding hydrogens is 525 g/mol. The molecule has 204 valence electrons. The molecule has 12 heteroatoms. The lowest BCUT2D eigenvalue weighted by Crippen LogP contribution is -2.37. The predicted molar refractivity (Wildman–Crippen MR) is 143 cm³/mol. The van der Waals surface area contributed by atoms with Crippen molar-refractivity contribution in [3.63, 3.8) is 0 Å². The molecule has 2 N–H and O–H groups in total. The summed E-state index contributed by atoms with van der Waals surface area (Å²) >= 11 is 1.86. The maximum absolute atomic E-state index is 13.4. The molecule has 2 aromatic carbocycles. The standard InChI is InChI=1S/C25H26FN5OS.C2H2O4/c26-20-8-6-19(7-9-20)18-31-23-5-2-1-4-22(23)29-25(31)33-21-10-14-30(15-11-21)16-17-32-24-27-12-3-13-28-24;3-1(4)2(5)6/h1-9,12-13,21H,10-11,14-18H2;(H,3,4)(H,5,6). The Bertz CT molecular complexity index is 1370. The topological polar surface area (TPSA) is 131 Å². The summed E-state index contributed by atoms with van der Waals surface area (Å²) in [5.74, 6) is -3.86. The number of carbonyl (C=O) groups is 2. The van der Waals surface area contributed by atoms with Gasteiger partial charge >= 0.3 is 17.9 Å². The quantitative estimate of drug-likeness (QED) is 0.311. The van der Waals surface area contributed by atoms with Crippen LogP contribution in [0, 0.1) is 5.82 Å². The number of fused-ring (bicyclic) bond motifs is 1. The first-order valence-electron chi connectivity index (χ1n) is 12.3. The highest BCUT2D eigenvalue weighted by molar-refractivity contribution is 7.99. The number of benzene rings is 2. The van der Waals surface area contributed by atoms with Crippen molar-refractivity contribution in [3.8, 4) is 6.01 Å². The number of halogens is 1. The van der Waals surface area contributed by atoms with Crippen molar-refractivity contribution in [1.29, 1.82) is 0 Å². The third-order valence-electron chi connectivity index (χ3n) is 6.04. The first kappa shape index (κ1) is 28.0. The highest BCUT2D eigenvalue weighted by atomic mass is 32.2. The molecule has 0 amide bonds. The van der Waals surface area contributed by atoms with Crippen molar-refractivity contribution in [3.05, 3.63) is 78.4 Å². The zero-order valence-electron chi connectivity index (χ0n) is 21.0. The molecule has 0 saturated carbocycles. The summed E-state index contributed by atoms with van der Waals surface area (Å²) in [6.07, 6.45) is 5.58. The predicted octanol–water partition coefficient (Wildman–Crippen LogP) is 3.80. The molecule has 0 atom stereocenters. The van der Waals surface area contributed by atoms with Gasteiger partial charge in [-0.25, -0.2) is 28.9 Å². The summed E-state index contributed by atoms with van der Waals surface area (Å²) in [5.41, 5.74) is 3.18. The summed E-state index contributed by atoms with van der Waals surface area (Å²) in [4.78, 5) is 33.8. The van der Waals surface area contributed by atoms with E-state index in [1.807, 2.05) is 36.0 Å². The van der Waals surface area contributed by atoms with Crippen LogP contribution < -0.4 is 4.74 Å². The van der Waals surface area contributed by atoms with Gasteiger partial charge in [0.05, 0.1) is 17.6 Å². The third-order valence-corrected chi connectivity index (χ3v) is 7.37. The first-order valence-corrected chi connectivity index (χ1v) is 13.2. The Kier molecular flexibility index (Phi) is 9.81. The minimum absolute atomic E-state index is 0.211. The van der Waals surface area contributed by atoms with Gasteiger partial charge < -0.3 is 19.5 Å². The molecule has 4 aromatic rings. The molecule has 0 unspecified atom stereocenters. The van der Waals surface area contributed by atoms with Crippen molar-refractivity contribution >= 4 is 34.7 Å². The van der Waals surface area contributed by atoms with E-state index in [0.29, 0.717) is 24.4 Å². The number of rotatable bonds is 8. The molecule has 5 rings (SSSR count). The Morgan fingerprint density at radius 3 is 2.31 bits per heavy atom. The lowest BCUT2D eigenvalue weighted by Gasteiger charge is -2.31. The van der Waals surface area contributed by atoms with Crippen LogP contribution in [0.3, 0.4) is 0 Å². The number of likely N-dealkylation sites (tertiary alicyclic amines) is 1. The average molecular weight is 554 g/mol. The fraction of sp³-hybridized carbons (Fsp3) is 0.296. The number of carboxylic acid groups (broad SMARTS) is 2. The van der Waals surface area contributed by atoms with Gasteiger partial charge in [0.25, 0.3) is 0 Å². The lowest BCUT2D eigenvalue weighted by molar-refractivity contribution is -0.159. The van der Waals surface area contributed by atoms with Gasteiger partial charge in [-0.05, 0) is 61.8 Å². The summed E-state index contributed by atoms with van der Waals surface area (Å²) in [6, 6.07) is 17.2. The van der Waals surface area contributed by atoms with E-state index in [9.17, 15) is 4.39 Å². The van der Waals surface area contributed by atoms with Gasteiger partial charge in [-0.3, -0.25) is 4.90 Å². The van der Waals surface area contributed by atoms with Crippen LogP contribution in [-0.2, 0) is 16.1 Å². The van der Waals surface area contributed by atoms with E-state index in [1.165, 1.54) is 12.1 Å². The molecular formula is C27H28FN5O5S. The monoisotopic (exact) mass is 553 g/mol. The van der Waals surface area contributed by atoms with Crippen LogP contribution in [0.15, 0.2) is 72.1 Å². The second-order valence-electron chi connectivity index (χ2n) is 8.74. The zero-order valence-corrected chi connectivity index (χ0v) is 21.8. The number of imidazole rings is 1. The van der Waals surface area contributed by atoms with Gasteiger partial charge in [-0.2, -0.15) is 0 Å². The van der Waals surface area contributed by atoms with Gasteiger partial charge in [0.15, 0.2) is 5.16 Å². The Labute approximate surface area is 228 Å². The number of para-hydroxylation sites is 2. The minimum atomic E-state index is -1.82. The Hall–Kier alpha value is -4.03. The molecule has 39 heavy (non-hydrogen) atoms. The molecule has 1 aliphatic heterocycles. The fourth-order valence-corrected chi connectivity index (χ4v) is 5.28. The van der Waals surface area contributed by atoms with Crippen LogP contribution >= 0.6 is 11.8 Å². The van der Waals surface area contributed by atoms with E-state index in [0.717, 1.165) is 54.2 Å². The van der Waals surface area contributed by atoms with Gasteiger partial charge in [-0.1, -0.05) is 36.0 Å². The smallest absolute Gasteiger partial charge is 0.414 e. The normalized spacial score (nSPS) is 14.0. The number of aromatic nitrogens is 4. The molecule has 10 nitrogen and oxygen atoms in total. The molecule has 0 aliphatic carbocycles. The number of hydrogen-bond donors (Lipinski definition) is 2. The summed E-state index contributed by atoms with van der Waals surface area (Å²) in [5, 5.41) is 16.3. The van der Waals surface area contributed by atoms with Crippen molar-refractivity contribution < 1.29 is 28.9 Å². The van der Waals surface area contributed by atoms with Gasteiger partial charge in [0.1, 0.15) is 12.4 Å². The second-order valence-corrected chi connectivity index (χ2v) is 10.0. The Balaban J connectivity index is 0.000000531. The molecule has 2 aromatic heterocycles. The first-order chi connectivity index (χ1) is 18.9. The van der Waals surface area contributed by atoms with Crippen molar-refractivity contribution in [2.24, 2.45) is 0 Å². The van der Waals surface area contributed by atoms with Crippen LogP contribution in [0.2, 0.25) is 0 Å². The van der Waals surface area contributed by atoms with E-state index in [1.54, 1.807) is 18.5 Å². The van der Waals surface area contributed by atoms with Crippen molar-refractivity contribution in [2.75, 3.05) is 26.2 Å². The van der Waals surface area contributed by atoms with E-state index >= 15 is 0 Å². The Morgan fingerprint density at radius 2 is 1.64 bits per heavy atom. The van der Waals surface area contributed by atoms with Crippen LogP contribution in [0.25, 0.3) is 11.0 Å². The highest BCUT2D eigenvalue weighted by Gasteiger charge is 2.23. The van der Waals surface area contributed by atoms with Gasteiger partial charge in [0.2, 0.25) is 0 Å². The van der Waals surface area contributed by atoms with E-state index < -0.39 is 11.9 Å². The summed E-state index contributed by atoms with van der Waals surface area (Å²) in [6.45, 7) is 4.22. The zero-order chi connectivity index (χ0) is 27.6. The molecule has 3 heterocycles. The minimum Gasteiger partial charge on any atom is -0.473 e. The van der Waals surface area contributed by atoms with Crippen LogP contribution in [0.5, 0.6) is 6.01 Å². The largest absolute Gasteiger partial charge is 0.473 e. The summed E-state index contributed by atoms with van der Waals surface area (Å²) in [7, 11) is 0. The number of thioether (sulfide) groups is 1. The van der Waals surface area contributed by atoms with Crippen molar-refractivity contribution in [2.45, 2.75) is 29.8 Å². The molecule has 1 saturated heterocycles. The number of ether oxygens (including phenoxy) is 1. The molecule has 1 aliphatic rings. The number of hydrogen-bond acceptors (Lipinski definition) is 8. The average Bonchev–Trinajstić information content (AvgIpc) is 3.28. The van der Waals surface area contributed by atoms with Crippen molar-refractivity contribution in [1.82, 2.24) is 24.4 Å². The Morgan fingerprint density at radius 1 is 0.974 bits per heavy atom. The van der Waals surface area contributed by atoms with Crippen LogP contribution in [0.1, 0.15) is 18.4 Å². The lowest BCUT2D eigenvalue weighted by atomic mass is 10.1. The van der Waals surface area contributed by atoms with Crippen LogP contribution in [0.4, 0.5) is 4.39 Å². The van der Waals surface area contributed by atoms with Gasteiger partial charge in [-0.15, -0.1) is 0 Å². The second kappa shape index (κ2) is 13.7. The molecule has 0 spiro atoms. The van der Waals surface area contributed by atoms with E-state index in [-0.39, 0.29) is 5.82 Å². The van der Waals surface area contributed by atoms with Crippen LogP contribution in [-0.4, -0.2) is 78.1 Å². The summed E-state index contributed by atoms with van der Waals surface area (Å²) < 4.78 is 21.3. The van der Waals surface area contributed by atoms with E-state index in [2.05, 4.69) is 31.6 Å². The fourth-order valence-electron chi connectivity index (χ4n) is 4.09. The maximum atomic E-state index is 13.4. The highest BCUT2D eigenvalue weighted by Crippen LogP contribution is 2.32. The molecule has 0 bridgehead atoms. The maximum Gasteiger partial charge on any atom is 0.414 e. The number of carboxylic acids is 2. The SMILES string of the molecule is Fc1ccc(Cn2c(SC3CCN(CCOc4ncccn4)CC3)nc3ccccc32)cc1.O=C(O)C(=O)O. The molecule has 1 fully saturated rings. The number of nitrogens with zero attached hydrogens (tertiary/aromatic N) is 5. The molecule has 0 radical (unpaired) electrons.